The highest BCUT2D eigenvalue weighted by Gasteiger charge is 2.20. The number of nitrogen functional groups attached to an aromatic ring is 1. The lowest BCUT2D eigenvalue weighted by Crippen LogP contribution is -2.13. The van der Waals surface area contributed by atoms with Crippen LogP contribution in [0.15, 0.2) is 18.2 Å². The van der Waals surface area contributed by atoms with E-state index in [1.807, 2.05) is 0 Å². The van der Waals surface area contributed by atoms with E-state index in [0.717, 1.165) is 0 Å². The number of nitrogens with zero attached hydrogens (tertiary/aromatic N) is 3. The monoisotopic (exact) mass is 288 g/mol. The van der Waals surface area contributed by atoms with Gasteiger partial charge in [0, 0.05) is 12.6 Å². The van der Waals surface area contributed by atoms with Crippen molar-refractivity contribution in [1.29, 1.82) is 5.26 Å². The Balaban J connectivity index is 2.17. The molecule has 21 heavy (non-hydrogen) atoms. The summed E-state index contributed by atoms with van der Waals surface area (Å²) in [6.07, 6.45) is 0. The predicted molar refractivity (Wildman–Crippen MR) is 72.6 cm³/mol. The Morgan fingerprint density at radius 2 is 2.29 bits per heavy atom. The van der Waals surface area contributed by atoms with Crippen molar-refractivity contribution in [2.24, 2.45) is 7.05 Å². The molecular formula is C14H13FN4O2. The molecule has 0 saturated heterocycles. The molecule has 0 aliphatic rings. The molecule has 1 heterocycles. The van der Waals surface area contributed by atoms with E-state index in [4.69, 9.17) is 15.7 Å². The van der Waals surface area contributed by atoms with Crippen LogP contribution in [0.3, 0.4) is 0 Å². The first-order chi connectivity index (χ1) is 9.95. The van der Waals surface area contributed by atoms with Gasteiger partial charge in [0.05, 0.1) is 16.9 Å². The van der Waals surface area contributed by atoms with Crippen LogP contribution in [-0.2, 0) is 18.4 Å². The van der Waals surface area contributed by atoms with E-state index in [1.54, 1.807) is 20.0 Å². The zero-order valence-corrected chi connectivity index (χ0v) is 11.6. The van der Waals surface area contributed by atoms with Crippen molar-refractivity contribution < 1.29 is 13.9 Å². The number of nitriles is 1. The molecule has 7 heteroatoms. The molecule has 0 spiro atoms. The summed E-state index contributed by atoms with van der Waals surface area (Å²) in [5.41, 5.74) is 6.64. The summed E-state index contributed by atoms with van der Waals surface area (Å²) in [5, 5.41) is 12.8. The van der Waals surface area contributed by atoms with Crippen LogP contribution in [0.2, 0.25) is 0 Å². The van der Waals surface area contributed by atoms with Gasteiger partial charge in [0.25, 0.3) is 0 Å². The number of rotatable bonds is 3. The number of anilines is 1. The average Bonchev–Trinajstić information content (AvgIpc) is 2.71. The smallest absolute Gasteiger partial charge is 0.359 e. The quantitative estimate of drug-likeness (QED) is 0.867. The first-order valence-electron chi connectivity index (χ1n) is 6.09. The van der Waals surface area contributed by atoms with Crippen molar-refractivity contribution in [1.82, 2.24) is 9.78 Å². The van der Waals surface area contributed by atoms with E-state index < -0.39 is 11.8 Å². The maximum atomic E-state index is 13.8. The van der Waals surface area contributed by atoms with E-state index in [1.165, 1.54) is 22.9 Å². The lowest BCUT2D eigenvalue weighted by molar-refractivity contribution is 0.0457. The van der Waals surface area contributed by atoms with Crippen molar-refractivity contribution in [3.05, 3.63) is 46.5 Å². The number of aromatic nitrogens is 2. The van der Waals surface area contributed by atoms with Crippen molar-refractivity contribution in [3.63, 3.8) is 0 Å². The van der Waals surface area contributed by atoms with Crippen LogP contribution in [0.25, 0.3) is 0 Å². The number of carbonyl (C=O) groups is 1. The summed E-state index contributed by atoms with van der Waals surface area (Å²) in [6.45, 7) is 1.38. The Kier molecular flexibility index (Phi) is 3.89. The van der Waals surface area contributed by atoms with Gasteiger partial charge < -0.3 is 10.5 Å². The molecule has 0 saturated carbocycles. The van der Waals surface area contributed by atoms with Crippen LogP contribution >= 0.6 is 0 Å². The zero-order chi connectivity index (χ0) is 15.6. The van der Waals surface area contributed by atoms with Gasteiger partial charge in [-0.05, 0) is 13.0 Å². The summed E-state index contributed by atoms with van der Waals surface area (Å²) in [5.74, 6) is -1.39. The van der Waals surface area contributed by atoms with Gasteiger partial charge in [-0.1, -0.05) is 12.1 Å². The van der Waals surface area contributed by atoms with Crippen molar-refractivity contribution in [2.45, 2.75) is 13.5 Å². The second kappa shape index (κ2) is 5.63. The maximum absolute atomic E-state index is 13.8. The fourth-order valence-electron chi connectivity index (χ4n) is 1.91. The van der Waals surface area contributed by atoms with Gasteiger partial charge in [-0.2, -0.15) is 10.4 Å². The Bertz CT molecular complexity index is 746. The summed E-state index contributed by atoms with van der Waals surface area (Å²) in [7, 11) is 1.57. The first-order valence-corrected chi connectivity index (χ1v) is 6.09. The summed E-state index contributed by atoms with van der Waals surface area (Å²) >= 11 is 0. The standard InChI is InChI=1S/C14H13FN4O2/c1-8-12(17)13(19(2)18-8)14(20)21-7-10-5-3-4-9(6-16)11(10)15/h3-5H,7,17H2,1-2H3. The third-order valence-corrected chi connectivity index (χ3v) is 3.02. The van der Waals surface area contributed by atoms with Gasteiger partial charge in [0.15, 0.2) is 5.69 Å². The summed E-state index contributed by atoms with van der Waals surface area (Å²) in [6, 6.07) is 6.04. The van der Waals surface area contributed by atoms with Gasteiger partial charge in [0.1, 0.15) is 18.5 Å². The second-order valence-electron chi connectivity index (χ2n) is 4.44. The van der Waals surface area contributed by atoms with Gasteiger partial charge in [0.2, 0.25) is 0 Å². The molecule has 0 aliphatic heterocycles. The fourth-order valence-corrected chi connectivity index (χ4v) is 1.91. The van der Waals surface area contributed by atoms with Crippen LogP contribution in [0.5, 0.6) is 0 Å². The Morgan fingerprint density at radius 3 is 2.86 bits per heavy atom. The topological polar surface area (TPSA) is 93.9 Å². The number of hydrogen-bond donors (Lipinski definition) is 1. The van der Waals surface area contributed by atoms with Crippen LogP contribution in [0, 0.1) is 24.1 Å². The number of hydrogen-bond acceptors (Lipinski definition) is 5. The van der Waals surface area contributed by atoms with E-state index >= 15 is 0 Å². The molecule has 0 amide bonds. The predicted octanol–water partition coefficient (Wildman–Crippen LogP) is 1.68. The molecule has 0 fully saturated rings. The molecule has 2 aromatic rings. The van der Waals surface area contributed by atoms with Gasteiger partial charge in [-0.15, -0.1) is 0 Å². The molecule has 6 nitrogen and oxygen atoms in total. The van der Waals surface area contributed by atoms with E-state index in [-0.39, 0.29) is 29.1 Å². The normalized spacial score (nSPS) is 10.2. The molecule has 0 unspecified atom stereocenters. The van der Waals surface area contributed by atoms with Crippen LogP contribution in [-0.4, -0.2) is 15.7 Å². The molecule has 0 aliphatic carbocycles. The molecular weight excluding hydrogens is 275 g/mol. The Hall–Kier alpha value is -2.88. The minimum atomic E-state index is -0.697. The molecule has 0 bridgehead atoms. The minimum Gasteiger partial charge on any atom is -0.456 e. The number of aryl methyl sites for hydroxylation is 2. The number of benzene rings is 1. The lowest BCUT2D eigenvalue weighted by Gasteiger charge is -2.07. The third kappa shape index (κ3) is 2.69. The number of carbonyl (C=O) groups excluding carboxylic acids is 1. The average molecular weight is 288 g/mol. The molecule has 0 atom stereocenters. The molecule has 2 rings (SSSR count). The van der Waals surface area contributed by atoms with Gasteiger partial charge >= 0.3 is 5.97 Å². The third-order valence-electron chi connectivity index (χ3n) is 3.02. The summed E-state index contributed by atoms with van der Waals surface area (Å²) in [4.78, 5) is 12.0. The molecule has 0 radical (unpaired) electrons. The van der Waals surface area contributed by atoms with Gasteiger partial charge in [-0.3, -0.25) is 4.68 Å². The van der Waals surface area contributed by atoms with Crippen molar-refractivity contribution >= 4 is 11.7 Å². The SMILES string of the molecule is Cc1nn(C)c(C(=O)OCc2cccc(C#N)c2F)c1N. The highest BCUT2D eigenvalue weighted by molar-refractivity contribution is 5.93. The van der Waals surface area contributed by atoms with Crippen molar-refractivity contribution in [2.75, 3.05) is 5.73 Å². The number of ether oxygens (including phenoxy) is 1. The highest BCUT2D eigenvalue weighted by Crippen LogP contribution is 2.18. The maximum Gasteiger partial charge on any atom is 0.359 e. The number of halogens is 1. The fraction of sp³-hybridized carbons (Fsp3) is 0.214. The van der Waals surface area contributed by atoms with Crippen molar-refractivity contribution in [3.8, 4) is 6.07 Å². The van der Waals surface area contributed by atoms with E-state index in [0.29, 0.717) is 5.69 Å². The van der Waals surface area contributed by atoms with Crippen LogP contribution in [0.4, 0.5) is 10.1 Å². The Labute approximate surface area is 120 Å². The molecule has 2 N–H and O–H groups in total. The lowest BCUT2D eigenvalue weighted by atomic mass is 10.1. The largest absolute Gasteiger partial charge is 0.456 e. The van der Waals surface area contributed by atoms with E-state index in [9.17, 15) is 9.18 Å². The number of esters is 1. The zero-order valence-electron chi connectivity index (χ0n) is 11.6. The number of nitrogens with two attached hydrogens (primary N) is 1. The molecule has 108 valence electrons. The van der Waals surface area contributed by atoms with Crippen LogP contribution in [0.1, 0.15) is 27.3 Å². The Morgan fingerprint density at radius 1 is 1.57 bits per heavy atom. The van der Waals surface area contributed by atoms with E-state index in [2.05, 4.69) is 5.10 Å². The molecule has 1 aromatic heterocycles. The minimum absolute atomic E-state index is 0.0977. The summed E-state index contributed by atoms with van der Waals surface area (Å²) < 4.78 is 20.2. The second-order valence-corrected chi connectivity index (χ2v) is 4.44. The molecule has 1 aromatic carbocycles. The first kappa shape index (κ1) is 14.5. The highest BCUT2D eigenvalue weighted by atomic mass is 19.1. The van der Waals surface area contributed by atoms with Gasteiger partial charge in [-0.25, -0.2) is 9.18 Å². The van der Waals surface area contributed by atoms with Crippen LogP contribution < -0.4 is 5.73 Å².